The van der Waals surface area contributed by atoms with E-state index in [4.69, 9.17) is 18.9 Å². The van der Waals surface area contributed by atoms with Crippen molar-refractivity contribution in [2.24, 2.45) is 0 Å². The van der Waals surface area contributed by atoms with Crippen LogP contribution >= 0.6 is 0 Å². The molecule has 0 bridgehead atoms. The molecule has 170 valence electrons. The highest BCUT2D eigenvalue weighted by molar-refractivity contribution is 4.91. The van der Waals surface area contributed by atoms with Crippen LogP contribution in [0.2, 0.25) is 0 Å². The molecule has 0 aromatic carbocycles. The zero-order chi connectivity index (χ0) is 21.6. The monoisotopic (exact) mass is 422 g/mol. The van der Waals surface area contributed by atoms with Crippen molar-refractivity contribution in [1.82, 2.24) is 0 Å². The van der Waals surface area contributed by atoms with Crippen LogP contribution in [0.25, 0.3) is 0 Å². The number of aliphatic hydroxyl groups is 6. The van der Waals surface area contributed by atoms with Gasteiger partial charge in [0.05, 0.1) is 19.3 Å². The number of hydrogen-bond donors (Lipinski definition) is 6. The molecular formula is C19H34O10. The zero-order valence-electron chi connectivity index (χ0n) is 16.6. The van der Waals surface area contributed by atoms with Gasteiger partial charge in [0, 0.05) is 0 Å². The Balaban J connectivity index is 1.93. The van der Waals surface area contributed by atoms with Gasteiger partial charge in [-0.2, -0.15) is 0 Å². The Morgan fingerprint density at radius 3 is 2.31 bits per heavy atom. The Morgan fingerprint density at radius 1 is 0.966 bits per heavy atom. The van der Waals surface area contributed by atoms with Crippen LogP contribution in [0.5, 0.6) is 0 Å². The molecule has 0 saturated carbocycles. The first-order valence-corrected chi connectivity index (χ1v) is 10.0. The summed E-state index contributed by atoms with van der Waals surface area (Å²) in [5, 5.41) is 59.6. The molecule has 10 nitrogen and oxygen atoms in total. The molecule has 0 aliphatic carbocycles. The molecule has 2 aliphatic rings. The highest BCUT2D eigenvalue weighted by Crippen LogP contribution is 2.26. The predicted molar refractivity (Wildman–Crippen MR) is 99.6 cm³/mol. The number of hydrogen-bond acceptors (Lipinski definition) is 10. The summed E-state index contributed by atoms with van der Waals surface area (Å²) >= 11 is 0. The average molecular weight is 422 g/mol. The Hall–Kier alpha value is -0.660. The lowest BCUT2D eigenvalue weighted by atomic mass is 9.99. The van der Waals surface area contributed by atoms with Gasteiger partial charge in [-0.3, -0.25) is 0 Å². The van der Waals surface area contributed by atoms with E-state index in [9.17, 15) is 30.6 Å². The molecule has 0 aromatic heterocycles. The summed E-state index contributed by atoms with van der Waals surface area (Å²) in [6, 6.07) is 0. The lowest BCUT2D eigenvalue weighted by Gasteiger charge is -2.42. The van der Waals surface area contributed by atoms with Gasteiger partial charge in [-0.25, -0.2) is 0 Å². The van der Waals surface area contributed by atoms with Crippen molar-refractivity contribution in [3.8, 4) is 0 Å². The second kappa shape index (κ2) is 11.7. The van der Waals surface area contributed by atoms with E-state index < -0.39 is 61.4 Å². The number of ether oxygens (including phenoxy) is 4. The SMILES string of the molecule is C=C[C@@H](CCCCC)O[C@@H]1O[C@H](CO[C@@H]2OC[C@@H](O)[C@H](O)[C@H]2O)[C@H](O)[C@H](O)[C@H]1O. The van der Waals surface area contributed by atoms with Crippen LogP contribution in [0.4, 0.5) is 0 Å². The lowest BCUT2D eigenvalue weighted by Crippen LogP contribution is -2.60. The van der Waals surface area contributed by atoms with Crippen LogP contribution in [0.3, 0.4) is 0 Å². The molecule has 0 unspecified atom stereocenters. The molecule has 10 heteroatoms. The minimum Gasteiger partial charge on any atom is -0.388 e. The van der Waals surface area contributed by atoms with Crippen LogP contribution in [0.1, 0.15) is 32.6 Å². The molecule has 0 radical (unpaired) electrons. The van der Waals surface area contributed by atoms with Crippen LogP contribution in [-0.2, 0) is 18.9 Å². The summed E-state index contributed by atoms with van der Waals surface area (Å²) in [5.74, 6) is 0. The quantitative estimate of drug-likeness (QED) is 0.179. The molecule has 2 aliphatic heterocycles. The lowest BCUT2D eigenvalue weighted by molar-refractivity contribution is -0.325. The van der Waals surface area contributed by atoms with E-state index in [0.717, 1.165) is 19.3 Å². The summed E-state index contributed by atoms with van der Waals surface area (Å²) in [6.45, 7) is 5.24. The molecule has 2 fully saturated rings. The molecule has 29 heavy (non-hydrogen) atoms. The van der Waals surface area contributed by atoms with Gasteiger partial charge in [0.25, 0.3) is 0 Å². The van der Waals surface area contributed by atoms with Crippen molar-refractivity contribution >= 4 is 0 Å². The fourth-order valence-corrected chi connectivity index (χ4v) is 3.29. The summed E-state index contributed by atoms with van der Waals surface area (Å²) in [6.07, 6.45) is -7.36. The maximum absolute atomic E-state index is 10.2. The summed E-state index contributed by atoms with van der Waals surface area (Å²) in [4.78, 5) is 0. The van der Waals surface area contributed by atoms with Crippen LogP contribution in [-0.4, -0.2) is 105 Å². The van der Waals surface area contributed by atoms with E-state index in [1.807, 2.05) is 0 Å². The third-order valence-electron chi connectivity index (χ3n) is 5.21. The molecule has 10 atom stereocenters. The molecule has 0 aromatic rings. The van der Waals surface area contributed by atoms with Crippen molar-refractivity contribution in [3.05, 3.63) is 12.7 Å². The maximum atomic E-state index is 10.2. The molecule has 2 saturated heterocycles. The molecule has 2 heterocycles. The molecule has 0 spiro atoms. The normalized spacial score (nSPS) is 41.8. The minimum absolute atomic E-state index is 0.233. The summed E-state index contributed by atoms with van der Waals surface area (Å²) in [7, 11) is 0. The topological polar surface area (TPSA) is 158 Å². The van der Waals surface area contributed by atoms with Gasteiger partial charge in [-0.1, -0.05) is 32.3 Å². The fourth-order valence-electron chi connectivity index (χ4n) is 3.29. The highest BCUT2D eigenvalue weighted by atomic mass is 16.7. The van der Waals surface area contributed by atoms with E-state index in [0.29, 0.717) is 6.42 Å². The van der Waals surface area contributed by atoms with E-state index >= 15 is 0 Å². The van der Waals surface area contributed by atoms with Crippen molar-refractivity contribution in [2.75, 3.05) is 13.2 Å². The largest absolute Gasteiger partial charge is 0.388 e. The first-order chi connectivity index (χ1) is 13.8. The summed E-state index contributed by atoms with van der Waals surface area (Å²) < 4.78 is 21.8. The first kappa shape index (κ1) is 24.6. The molecule has 2 rings (SSSR count). The van der Waals surface area contributed by atoms with E-state index in [-0.39, 0.29) is 13.2 Å². The maximum Gasteiger partial charge on any atom is 0.187 e. The standard InChI is InChI=1S/C19H34O10/c1-3-5-6-7-10(4-2)28-19-17(25)15(23)14(22)12(29-19)9-27-18-16(24)13(21)11(20)8-26-18/h4,10-25H,2-3,5-9H2,1H3/t10-,11+,12+,13-,14-,15-,16+,17+,18-,19+/m0/s1. The summed E-state index contributed by atoms with van der Waals surface area (Å²) in [5.41, 5.74) is 0. The van der Waals surface area contributed by atoms with E-state index in [1.165, 1.54) is 0 Å². The fraction of sp³-hybridized carbons (Fsp3) is 0.895. The van der Waals surface area contributed by atoms with Crippen molar-refractivity contribution in [3.63, 3.8) is 0 Å². The van der Waals surface area contributed by atoms with E-state index in [1.54, 1.807) is 6.08 Å². The van der Waals surface area contributed by atoms with Crippen LogP contribution < -0.4 is 0 Å². The minimum atomic E-state index is -1.53. The van der Waals surface area contributed by atoms with Gasteiger partial charge in [-0.05, 0) is 6.42 Å². The molecule has 6 N–H and O–H groups in total. The molecular weight excluding hydrogens is 388 g/mol. The first-order valence-electron chi connectivity index (χ1n) is 10.0. The van der Waals surface area contributed by atoms with E-state index in [2.05, 4.69) is 13.5 Å². The Kier molecular flexibility index (Phi) is 9.89. The van der Waals surface area contributed by atoms with Crippen LogP contribution in [0, 0.1) is 0 Å². The van der Waals surface area contributed by atoms with Crippen molar-refractivity contribution in [2.45, 2.75) is 94.0 Å². The second-order valence-electron chi connectivity index (χ2n) is 7.50. The smallest absolute Gasteiger partial charge is 0.187 e. The number of rotatable bonds is 10. The van der Waals surface area contributed by atoms with Crippen LogP contribution in [0.15, 0.2) is 12.7 Å². The highest BCUT2D eigenvalue weighted by Gasteiger charge is 2.46. The third kappa shape index (κ3) is 6.41. The number of aliphatic hydroxyl groups excluding tert-OH is 6. The van der Waals surface area contributed by atoms with Crippen molar-refractivity contribution < 1.29 is 49.6 Å². The Morgan fingerprint density at radius 2 is 1.66 bits per heavy atom. The van der Waals surface area contributed by atoms with Gasteiger partial charge < -0.3 is 49.6 Å². The average Bonchev–Trinajstić information content (AvgIpc) is 2.71. The second-order valence-corrected chi connectivity index (χ2v) is 7.50. The van der Waals surface area contributed by atoms with Gasteiger partial charge in [0.2, 0.25) is 0 Å². The van der Waals surface area contributed by atoms with Gasteiger partial charge in [0.1, 0.15) is 42.7 Å². The van der Waals surface area contributed by atoms with Gasteiger partial charge >= 0.3 is 0 Å². The zero-order valence-corrected chi connectivity index (χ0v) is 16.6. The third-order valence-corrected chi connectivity index (χ3v) is 5.21. The van der Waals surface area contributed by atoms with Gasteiger partial charge in [-0.15, -0.1) is 6.58 Å². The van der Waals surface area contributed by atoms with Gasteiger partial charge in [0.15, 0.2) is 12.6 Å². The predicted octanol–water partition coefficient (Wildman–Crippen LogP) is -1.60. The Bertz CT molecular complexity index is 492. The Labute approximate surface area is 170 Å². The molecule has 0 amide bonds. The number of unbranched alkanes of at least 4 members (excludes halogenated alkanes) is 2. The van der Waals surface area contributed by atoms with Crippen molar-refractivity contribution in [1.29, 1.82) is 0 Å².